The van der Waals surface area contributed by atoms with Gasteiger partial charge >= 0.3 is 0 Å². The minimum atomic E-state index is 0.328. The zero-order valence-corrected chi connectivity index (χ0v) is 11.5. The van der Waals surface area contributed by atoms with Crippen molar-refractivity contribution in [3.05, 3.63) is 29.8 Å². The van der Waals surface area contributed by atoms with Gasteiger partial charge in [-0.05, 0) is 18.6 Å². The van der Waals surface area contributed by atoms with Gasteiger partial charge in [0.05, 0.1) is 18.1 Å². The van der Waals surface area contributed by atoms with Crippen LogP contribution in [0.1, 0.15) is 25.3 Å². The van der Waals surface area contributed by atoms with Crippen molar-refractivity contribution in [1.82, 2.24) is 0 Å². The van der Waals surface area contributed by atoms with Crippen LogP contribution in [-0.2, 0) is 4.74 Å². The molecule has 0 aliphatic rings. The Balaban J connectivity index is 2.37. The Labute approximate surface area is 114 Å². The molecule has 0 saturated carbocycles. The van der Waals surface area contributed by atoms with E-state index in [1.54, 1.807) is 0 Å². The molecule has 0 fully saturated rings. The molecule has 0 heterocycles. The van der Waals surface area contributed by atoms with Crippen molar-refractivity contribution in [1.29, 1.82) is 0 Å². The van der Waals surface area contributed by atoms with Gasteiger partial charge in [0.15, 0.2) is 0 Å². The van der Waals surface area contributed by atoms with Crippen molar-refractivity contribution in [3.8, 4) is 17.6 Å². The number of hydrogen-bond donors (Lipinski definition) is 0. The molecule has 0 radical (unpaired) electrons. The van der Waals surface area contributed by atoms with Crippen LogP contribution in [0.15, 0.2) is 24.3 Å². The van der Waals surface area contributed by atoms with Gasteiger partial charge in [0, 0.05) is 6.61 Å². The fourth-order valence-electron chi connectivity index (χ4n) is 1.38. The van der Waals surface area contributed by atoms with E-state index in [-0.39, 0.29) is 0 Å². The molecule has 1 rings (SSSR count). The van der Waals surface area contributed by atoms with Gasteiger partial charge in [-0.3, -0.25) is 0 Å². The molecule has 3 heteroatoms. The van der Waals surface area contributed by atoms with Crippen molar-refractivity contribution >= 4 is 11.6 Å². The Morgan fingerprint density at radius 3 is 2.78 bits per heavy atom. The highest BCUT2D eigenvalue weighted by Gasteiger charge is 1.99. The Morgan fingerprint density at radius 1 is 1.17 bits per heavy atom. The second-order valence-electron chi connectivity index (χ2n) is 3.75. The lowest BCUT2D eigenvalue weighted by atomic mass is 10.2. The minimum Gasteiger partial charge on any atom is -0.490 e. The highest BCUT2D eigenvalue weighted by atomic mass is 35.5. The third-order valence-electron chi connectivity index (χ3n) is 2.30. The molecular weight excluding hydrogens is 248 g/mol. The van der Waals surface area contributed by atoms with Crippen molar-refractivity contribution in [2.45, 2.75) is 19.8 Å². The van der Waals surface area contributed by atoms with Crippen molar-refractivity contribution < 1.29 is 9.47 Å². The Kier molecular flexibility index (Phi) is 8.12. The summed E-state index contributed by atoms with van der Waals surface area (Å²) in [6, 6.07) is 7.69. The van der Waals surface area contributed by atoms with Crippen molar-refractivity contribution in [3.63, 3.8) is 0 Å². The van der Waals surface area contributed by atoms with Crippen LogP contribution in [0.25, 0.3) is 0 Å². The van der Waals surface area contributed by atoms with E-state index in [1.165, 1.54) is 0 Å². The number of halogens is 1. The van der Waals surface area contributed by atoms with E-state index < -0.39 is 0 Å². The van der Waals surface area contributed by atoms with Crippen LogP contribution in [0.4, 0.5) is 0 Å². The highest BCUT2D eigenvalue weighted by molar-refractivity contribution is 6.19. The molecule has 18 heavy (non-hydrogen) atoms. The average Bonchev–Trinajstić information content (AvgIpc) is 2.41. The predicted molar refractivity (Wildman–Crippen MR) is 75.3 cm³/mol. The molecule has 0 bridgehead atoms. The lowest BCUT2D eigenvalue weighted by Crippen LogP contribution is -2.08. The molecule has 0 unspecified atom stereocenters. The van der Waals surface area contributed by atoms with E-state index in [1.807, 2.05) is 24.3 Å². The molecular formula is C15H19ClO2. The number of ether oxygens (including phenoxy) is 2. The molecule has 1 aromatic carbocycles. The molecule has 0 atom stereocenters. The molecule has 0 aliphatic carbocycles. The fourth-order valence-corrected chi connectivity index (χ4v) is 1.45. The van der Waals surface area contributed by atoms with Gasteiger partial charge in [0.25, 0.3) is 0 Å². The summed E-state index contributed by atoms with van der Waals surface area (Å²) in [6.07, 6.45) is 2.25. The van der Waals surface area contributed by atoms with Crippen LogP contribution >= 0.6 is 11.6 Å². The van der Waals surface area contributed by atoms with Gasteiger partial charge in [-0.1, -0.05) is 37.3 Å². The van der Waals surface area contributed by atoms with E-state index in [2.05, 4.69) is 18.8 Å². The van der Waals surface area contributed by atoms with Gasteiger partial charge in [0.2, 0.25) is 0 Å². The largest absolute Gasteiger partial charge is 0.490 e. The van der Waals surface area contributed by atoms with Crippen LogP contribution in [0.5, 0.6) is 5.75 Å². The maximum atomic E-state index is 5.64. The predicted octanol–water partition coefficient (Wildman–Crippen LogP) is 3.47. The first-order chi connectivity index (χ1) is 8.88. The molecule has 0 amide bonds. The van der Waals surface area contributed by atoms with Gasteiger partial charge < -0.3 is 9.47 Å². The van der Waals surface area contributed by atoms with Crippen LogP contribution in [0, 0.1) is 11.8 Å². The Morgan fingerprint density at radius 2 is 2.00 bits per heavy atom. The zero-order valence-electron chi connectivity index (χ0n) is 10.7. The minimum absolute atomic E-state index is 0.328. The third-order valence-corrected chi connectivity index (χ3v) is 2.44. The van der Waals surface area contributed by atoms with E-state index in [9.17, 15) is 0 Å². The van der Waals surface area contributed by atoms with Gasteiger partial charge in [-0.15, -0.1) is 11.6 Å². The third kappa shape index (κ3) is 5.95. The molecule has 2 nitrogen and oxygen atoms in total. The number of rotatable bonds is 7. The molecule has 0 N–H and O–H groups in total. The molecule has 98 valence electrons. The standard InChI is InChI=1S/C15H19ClO2/c1-2-3-11-17-12-13-18-15-9-5-4-7-14(15)8-6-10-16/h4-5,7,9H,2-3,10-13H2,1H3. The average molecular weight is 267 g/mol. The second-order valence-corrected chi connectivity index (χ2v) is 4.01. The lowest BCUT2D eigenvalue weighted by molar-refractivity contribution is 0.0980. The quantitative estimate of drug-likeness (QED) is 0.427. The summed E-state index contributed by atoms with van der Waals surface area (Å²) in [4.78, 5) is 0. The molecule has 1 aromatic rings. The second kappa shape index (κ2) is 9.82. The van der Waals surface area contributed by atoms with Crippen molar-refractivity contribution in [2.24, 2.45) is 0 Å². The highest BCUT2D eigenvalue weighted by Crippen LogP contribution is 2.16. The maximum Gasteiger partial charge on any atom is 0.135 e. The van der Waals surface area contributed by atoms with E-state index in [0.29, 0.717) is 19.1 Å². The summed E-state index contributed by atoms with van der Waals surface area (Å²) in [5, 5.41) is 0. The Bertz CT molecular complexity index is 393. The summed E-state index contributed by atoms with van der Waals surface area (Å²) in [5.74, 6) is 6.92. The summed E-state index contributed by atoms with van der Waals surface area (Å²) in [5.41, 5.74) is 0.867. The number of unbranched alkanes of at least 4 members (excludes halogenated alkanes) is 1. The fraction of sp³-hybridized carbons (Fsp3) is 0.467. The number of alkyl halides is 1. The van der Waals surface area contributed by atoms with Gasteiger partial charge in [-0.2, -0.15) is 0 Å². The molecule has 0 spiro atoms. The monoisotopic (exact) mass is 266 g/mol. The molecule has 0 aromatic heterocycles. The van der Waals surface area contributed by atoms with E-state index >= 15 is 0 Å². The number of benzene rings is 1. The molecule has 0 aliphatic heterocycles. The summed E-state index contributed by atoms with van der Waals surface area (Å²) in [6.45, 7) is 4.10. The maximum absolute atomic E-state index is 5.64. The van der Waals surface area contributed by atoms with Crippen LogP contribution in [-0.4, -0.2) is 25.7 Å². The molecule has 0 saturated heterocycles. The summed E-state index contributed by atoms with van der Waals surface area (Å²) in [7, 11) is 0. The lowest BCUT2D eigenvalue weighted by Gasteiger charge is -2.08. The topological polar surface area (TPSA) is 18.5 Å². The SMILES string of the molecule is CCCCOCCOc1ccccc1C#CCCl. The zero-order chi connectivity index (χ0) is 13.1. The van der Waals surface area contributed by atoms with Crippen LogP contribution in [0.3, 0.4) is 0 Å². The van der Waals surface area contributed by atoms with Gasteiger partial charge in [0.1, 0.15) is 12.4 Å². The first kappa shape index (κ1) is 14.9. The number of para-hydroxylation sites is 1. The van der Waals surface area contributed by atoms with Crippen LogP contribution < -0.4 is 4.74 Å². The number of hydrogen-bond acceptors (Lipinski definition) is 2. The summed E-state index contributed by atoms with van der Waals surface area (Å²) >= 11 is 5.54. The Hall–Kier alpha value is -1.17. The first-order valence-electron chi connectivity index (χ1n) is 6.23. The summed E-state index contributed by atoms with van der Waals surface area (Å²) < 4.78 is 11.1. The first-order valence-corrected chi connectivity index (χ1v) is 6.76. The van der Waals surface area contributed by atoms with E-state index in [4.69, 9.17) is 21.1 Å². The smallest absolute Gasteiger partial charge is 0.135 e. The van der Waals surface area contributed by atoms with E-state index in [0.717, 1.165) is 30.8 Å². The van der Waals surface area contributed by atoms with Gasteiger partial charge in [-0.25, -0.2) is 0 Å². The normalized spacial score (nSPS) is 9.67. The van der Waals surface area contributed by atoms with Crippen molar-refractivity contribution in [2.75, 3.05) is 25.7 Å². The van der Waals surface area contributed by atoms with Crippen LogP contribution in [0.2, 0.25) is 0 Å².